The number of carbonyl (C=O) groups is 1. The molecule has 7 heteroatoms. The van der Waals surface area contributed by atoms with Gasteiger partial charge in [0.1, 0.15) is 12.7 Å². The summed E-state index contributed by atoms with van der Waals surface area (Å²) in [6, 6.07) is 0. The summed E-state index contributed by atoms with van der Waals surface area (Å²) in [6.45, 7) is 5.28. The van der Waals surface area contributed by atoms with Crippen LogP contribution in [0.3, 0.4) is 0 Å². The van der Waals surface area contributed by atoms with Crippen LogP contribution in [0.1, 0.15) is 122 Å². The lowest BCUT2D eigenvalue weighted by molar-refractivity contribution is -0.150. The van der Waals surface area contributed by atoms with Gasteiger partial charge >= 0.3 is 5.97 Å². The molecule has 2 heterocycles. The number of nitrogens with zero attached hydrogens (tertiary/aromatic N) is 1. The number of hydrogen-bond donors (Lipinski definition) is 0. The van der Waals surface area contributed by atoms with E-state index < -0.39 is 0 Å². The molecule has 2 unspecified atom stereocenters. The highest BCUT2D eigenvalue weighted by molar-refractivity contribution is 8.02. The highest BCUT2D eigenvalue weighted by atomic mass is 32.2. The van der Waals surface area contributed by atoms with Crippen molar-refractivity contribution in [1.82, 2.24) is 4.90 Å². The first-order chi connectivity index (χ1) is 18.3. The molecule has 2 aliphatic heterocycles. The summed E-state index contributed by atoms with van der Waals surface area (Å²) in [5, 5.41) is 2.13. The van der Waals surface area contributed by atoms with Gasteiger partial charge in [0.25, 0.3) is 0 Å². The average Bonchev–Trinajstić information content (AvgIpc) is 3.59. The average molecular weight is 542 g/mol. The van der Waals surface area contributed by atoms with Crippen molar-refractivity contribution >= 4 is 17.7 Å². The fourth-order valence-corrected chi connectivity index (χ4v) is 5.48. The van der Waals surface area contributed by atoms with Crippen molar-refractivity contribution in [2.24, 2.45) is 0 Å². The summed E-state index contributed by atoms with van der Waals surface area (Å²) in [6.07, 6.45) is 24.2. The molecule has 1 fully saturated rings. The second kappa shape index (κ2) is 23.2. The molecule has 0 N–H and O–H groups in total. The second-order valence-electron chi connectivity index (χ2n) is 10.6. The maximum atomic E-state index is 12.0. The molecular weight excluding hydrogens is 486 g/mol. The van der Waals surface area contributed by atoms with Gasteiger partial charge in [-0.15, -0.1) is 11.8 Å². The molecule has 37 heavy (non-hydrogen) atoms. The van der Waals surface area contributed by atoms with E-state index in [0.29, 0.717) is 19.6 Å². The number of unbranched alkanes of at least 4 members (excludes halogenated alkanes) is 15. The number of thioether (sulfide) groups is 1. The van der Waals surface area contributed by atoms with E-state index in [9.17, 15) is 4.79 Å². The largest absolute Gasteiger partial charge is 0.463 e. The molecule has 0 aliphatic carbocycles. The van der Waals surface area contributed by atoms with Gasteiger partial charge in [0, 0.05) is 25.8 Å². The van der Waals surface area contributed by atoms with E-state index in [-0.39, 0.29) is 25.0 Å². The highest BCUT2D eigenvalue weighted by Crippen LogP contribution is 2.17. The molecule has 0 aromatic rings. The molecule has 2 aliphatic rings. The molecule has 6 nitrogen and oxygen atoms in total. The molecular formula is C30H55NO5S. The van der Waals surface area contributed by atoms with E-state index >= 15 is 0 Å². The van der Waals surface area contributed by atoms with Crippen LogP contribution in [-0.2, 0) is 23.7 Å². The molecule has 216 valence electrons. The predicted octanol–water partition coefficient (Wildman–Crippen LogP) is 7.81. The standard InChI is InChI=1S/C30H55NO5S/c1-2-3-4-5-6-7-8-9-10-11-12-13-14-18-22-33-26-30-35-25-28(36-30)24-34-29(32)19-16-15-17-20-31-21-23-37-27-31/h21,23,28,30H,2-20,22,24-27H2,1H3. The summed E-state index contributed by atoms with van der Waals surface area (Å²) in [5.41, 5.74) is 0. The van der Waals surface area contributed by atoms with Crippen LogP contribution < -0.4 is 0 Å². The van der Waals surface area contributed by atoms with Crippen molar-refractivity contribution in [2.45, 2.75) is 135 Å². The van der Waals surface area contributed by atoms with Crippen molar-refractivity contribution in [3.8, 4) is 0 Å². The number of carbonyl (C=O) groups excluding carboxylic acids is 1. The van der Waals surface area contributed by atoms with Gasteiger partial charge in [-0.1, -0.05) is 96.8 Å². The van der Waals surface area contributed by atoms with E-state index in [2.05, 4.69) is 23.4 Å². The first-order valence-corrected chi connectivity index (χ1v) is 16.4. The van der Waals surface area contributed by atoms with Crippen LogP contribution in [0.15, 0.2) is 11.6 Å². The Balaban J connectivity index is 1.28. The van der Waals surface area contributed by atoms with Gasteiger partial charge in [-0.05, 0) is 24.7 Å². The molecule has 0 aromatic carbocycles. The Kier molecular flexibility index (Phi) is 20.3. The van der Waals surface area contributed by atoms with Crippen molar-refractivity contribution in [3.63, 3.8) is 0 Å². The van der Waals surface area contributed by atoms with E-state index in [1.807, 2.05) is 11.8 Å². The Morgan fingerprint density at radius 2 is 1.51 bits per heavy atom. The highest BCUT2D eigenvalue weighted by Gasteiger charge is 2.27. The lowest BCUT2D eigenvalue weighted by Gasteiger charge is -2.14. The van der Waals surface area contributed by atoms with Crippen LogP contribution in [0, 0.1) is 0 Å². The molecule has 1 saturated heterocycles. The molecule has 0 amide bonds. The van der Waals surface area contributed by atoms with Crippen LogP contribution in [0.2, 0.25) is 0 Å². The predicted molar refractivity (Wildman–Crippen MR) is 153 cm³/mol. The third-order valence-electron chi connectivity index (χ3n) is 7.07. The number of hydrogen-bond acceptors (Lipinski definition) is 7. The van der Waals surface area contributed by atoms with Crippen LogP contribution in [0.25, 0.3) is 0 Å². The summed E-state index contributed by atoms with van der Waals surface area (Å²) in [5.74, 6) is 0.912. The van der Waals surface area contributed by atoms with Gasteiger partial charge in [0.2, 0.25) is 0 Å². The molecule has 0 bridgehead atoms. The van der Waals surface area contributed by atoms with Crippen molar-refractivity contribution in [1.29, 1.82) is 0 Å². The van der Waals surface area contributed by atoms with Crippen LogP contribution >= 0.6 is 11.8 Å². The number of rotatable bonds is 25. The van der Waals surface area contributed by atoms with E-state index in [0.717, 1.165) is 44.7 Å². The smallest absolute Gasteiger partial charge is 0.305 e. The van der Waals surface area contributed by atoms with E-state index in [1.54, 1.807) is 0 Å². The Labute approximate surface area is 231 Å². The molecule has 0 radical (unpaired) electrons. The monoisotopic (exact) mass is 541 g/mol. The number of ether oxygens (including phenoxy) is 4. The summed E-state index contributed by atoms with van der Waals surface area (Å²) >= 11 is 1.82. The minimum atomic E-state index is -0.340. The topological polar surface area (TPSA) is 57.2 Å². The lowest BCUT2D eigenvalue weighted by atomic mass is 10.0. The van der Waals surface area contributed by atoms with E-state index in [4.69, 9.17) is 18.9 Å². The Hall–Kier alpha value is -0.760. The normalized spacial score (nSPS) is 19.2. The fourth-order valence-electron chi connectivity index (χ4n) is 4.73. The van der Waals surface area contributed by atoms with Gasteiger partial charge < -0.3 is 23.8 Å². The van der Waals surface area contributed by atoms with Gasteiger partial charge in [0.15, 0.2) is 6.29 Å². The third-order valence-corrected chi connectivity index (χ3v) is 7.87. The minimum Gasteiger partial charge on any atom is -0.463 e. The molecule has 0 spiro atoms. The maximum Gasteiger partial charge on any atom is 0.305 e. The first-order valence-electron chi connectivity index (χ1n) is 15.3. The van der Waals surface area contributed by atoms with Crippen molar-refractivity contribution < 1.29 is 23.7 Å². The van der Waals surface area contributed by atoms with Gasteiger partial charge in [-0.3, -0.25) is 4.79 Å². The van der Waals surface area contributed by atoms with Gasteiger partial charge in [0.05, 0.1) is 19.1 Å². The lowest BCUT2D eigenvalue weighted by Crippen LogP contribution is -2.23. The summed E-state index contributed by atoms with van der Waals surface area (Å²) < 4.78 is 22.6. The SMILES string of the molecule is CCCCCCCCCCCCCCCCOCC1OCC(COC(=O)CCCCCN2C=CSC2)O1. The van der Waals surface area contributed by atoms with Crippen molar-refractivity contribution in [3.05, 3.63) is 11.6 Å². The molecule has 2 atom stereocenters. The second-order valence-corrected chi connectivity index (χ2v) is 11.4. The first kappa shape index (κ1) is 32.5. The van der Waals surface area contributed by atoms with Gasteiger partial charge in [-0.25, -0.2) is 0 Å². The Morgan fingerprint density at radius 3 is 2.16 bits per heavy atom. The number of esters is 1. The van der Waals surface area contributed by atoms with Crippen LogP contribution in [0.4, 0.5) is 0 Å². The third kappa shape index (κ3) is 18.2. The zero-order valence-corrected chi connectivity index (χ0v) is 24.5. The Morgan fingerprint density at radius 1 is 0.865 bits per heavy atom. The van der Waals surface area contributed by atoms with Crippen molar-refractivity contribution in [2.75, 3.05) is 38.8 Å². The zero-order valence-electron chi connectivity index (χ0n) is 23.7. The van der Waals surface area contributed by atoms with Gasteiger partial charge in [-0.2, -0.15) is 0 Å². The molecule has 0 saturated carbocycles. The quantitative estimate of drug-likeness (QED) is 0.0863. The summed E-state index contributed by atoms with van der Waals surface area (Å²) in [4.78, 5) is 14.3. The van der Waals surface area contributed by atoms with Crippen LogP contribution in [-0.4, -0.2) is 62.1 Å². The Bertz CT molecular complexity index is 576. The zero-order chi connectivity index (χ0) is 26.2. The molecule has 2 rings (SSSR count). The van der Waals surface area contributed by atoms with E-state index in [1.165, 1.54) is 83.5 Å². The summed E-state index contributed by atoms with van der Waals surface area (Å²) in [7, 11) is 0. The fraction of sp³-hybridized carbons (Fsp3) is 0.900. The van der Waals surface area contributed by atoms with Crippen LogP contribution in [0.5, 0.6) is 0 Å². The molecule has 0 aromatic heterocycles. The maximum absolute atomic E-state index is 12.0. The minimum absolute atomic E-state index is 0.141.